The monoisotopic (exact) mass is 242 g/mol. The maximum atomic E-state index is 11.1. The molecule has 0 aliphatic carbocycles. The summed E-state index contributed by atoms with van der Waals surface area (Å²) in [5.74, 6) is 5.20. The van der Waals surface area contributed by atoms with Crippen molar-refractivity contribution in [3.8, 4) is 11.8 Å². The van der Waals surface area contributed by atoms with Gasteiger partial charge in [0.05, 0.1) is 0 Å². The summed E-state index contributed by atoms with van der Waals surface area (Å²) in [5, 5.41) is 0. The van der Waals surface area contributed by atoms with Crippen molar-refractivity contribution >= 4 is 6.16 Å². The number of hydrogen-bond acceptors (Lipinski definition) is 4. The van der Waals surface area contributed by atoms with Crippen molar-refractivity contribution < 1.29 is 19.3 Å². The van der Waals surface area contributed by atoms with Gasteiger partial charge in [0.15, 0.2) is 6.61 Å². The van der Waals surface area contributed by atoms with Gasteiger partial charge >= 0.3 is 6.16 Å². The first kappa shape index (κ1) is 15.8. The Morgan fingerprint density at radius 1 is 1.29 bits per heavy atom. The molecule has 0 spiro atoms. The van der Waals surface area contributed by atoms with Crippen LogP contribution in [0.5, 0.6) is 0 Å². The summed E-state index contributed by atoms with van der Waals surface area (Å²) in [6.07, 6.45) is 3.32. The van der Waals surface area contributed by atoms with Gasteiger partial charge in [-0.3, -0.25) is 4.89 Å². The summed E-state index contributed by atoms with van der Waals surface area (Å²) in [5.41, 5.74) is -0.482. The summed E-state index contributed by atoms with van der Waals surface area (Å²) >= 11 is 0. The van der Waals surface area contributed by atoms with Crippen molar-refractivity contribution in [1.82, 2.24) is 0 Å². The molecule has 0 aromatic rings. The minimum absolute atomic E-state index is 0.0228. The predicted molar refractivity (Wildman–Crippen MR) is 65.2 cm³/mol. The Morgan fingerprint density at radius 3 is 2.59 bits per heavy atom. The summed E-state index contributed by atoms with van der Waals surface area (Å²) in [6.45, 7) is 7.58. The summed E-state index contributed by atoms with van der Waals surface area (Å²) in [6, 6.07) is 0. The van der Waals surface area contributed by atoms with Gasteiger partial charge in [0, 0.05) is 0 Å². The van der Waals surface area contributed by atoms with Gasteiger partial charge in [-0.2, -0.15) is 4.89 Å². The summed E-state index contributed by atoms with van der Waals surface area (Å²) in [4.78, 5) is 20.7. The fraction of sp³-hybridized carbons (Fsp3) is 0.769. The summed E-state index contributed by atoms with van der Waals surface area (Å²) in [7, 11) is 0. The molecule has 4 heteroatoms. The van der Waals surface area contributed by atoms with E-state index >= 15 is 0 Å². The van der Waals surface area contributed by atoms with Gasteiger partial charge in [0.2, 0.25) is 0 Å². The molecule has 0 aromatic carbocycles. The van der Waals surface area contributed by atoms with Crippen molar-refractivity contribution in [3.05, 3.63) is 0 Å². The number of rotatable bonds is 7. The van der Waals surface area contributed by atoms with E-state index in [1.807, 2.05) is 13.8 Å². The SMILES string of the molecule is CC#CCOC(=O)OOC(C)(C)CCCCC. The normalized spacial score (nSPS) is 10.4. The van der Waals surface area contributed by atoms with Crippen LogP contribution in [0.15, 0.2) is 0 Å². The molecule has 0 atom stereocenters. The first-order chi connectivity index (χ1) is 8.02. The van der Waals surface area contributed by atoms with Crippen molar-refractivity contribution in [3.63, 3.8) is 0 Å². The van der Waals surface area contributed by atoms with Gasteiger partial charge in [0.1, 0.15) is 5.60 Å². The Bertz CT molecular complexity index is 273. The smallest absolute Gasteiger partial charge is 0.419 e. The van der Waals surface area contributed by atoms with E-state index in [9.17, 15) is 4.79 Å². The van der Waals surface area contributed by atoms with Gasteiger partial charge in [0.25, 0.3) is 0 Å². The van der Waals surface area contributed by atoms with Gasteiger partial charge in [-0.1, -0.05) is 32.1 Å². The Hall–Kier alpha value is -1.21. The zero-order valence-electron chi connectivity index (χ0n) is 11.2. The van der Waals surface area contributed by atoms with E-state index in [2.05, 4.69) is 28.4 Å². The van der Waals surface area contributed by atoms with Crippen LogP contribution >= 0.6 is 0 Å². The molecule has 0 radical (unpaired) electrons. The predicted octanol–water partition coefficient (Wildman–Crippen LogP) is 3.45. The molecule has 4 nitrogen and oxygen atoms in total. The third-order valence-corrected chi connectivity index (χ3v) is 2.16. The molecule has 0 saturated heterocycles. The van der Waals surface area contributed by atoms with Crippen molar-refractivity contribution in [2.45, 2.75) is 59.0 Å². The molecule has 0 unspecified atom stereocenters. The topological polar surface area (TPSA) is 44.8 Å². The third-order valence-electron chi connectivity index (χ3n) is 2.16. The minimum atomic E-state index is -0.851. The Balaban J connectivity index is 3.74. The van der Waals surface area contributed by atoms with Crippen LogP contribution < -0.4 is 0 Å². The second-order valence-electron chi connectivity index (χ2n) is 4.35. The second kappa shape index (κ2) is 8.89. The van der Waals surface area contributed by atoms with Gasteiger partial charge in [-0.15, -0.1) is 5.92 Å². The van der Waals surface area contributed by atoms with E-state index < -0.39 is 11.8 Å². The average Bonchev–Trinajstić information content (AvgIpc) is 2.27. The lowest BCUT2D eigenvalue weighted by Crippen LogP contribution is -2.26. The highest BCUT2D eigenvalue weighted by Crippen LogP contribution is 2.19. The molecule has 0 aromatic heterocycles. The molecule has 0 rings (SSSR count). The van der Waals surface area contributed by atoms with Gasteiger partial charge < -0.3 is 4.74 Å². The molecule has 0 bridgehead atoms. The van der Waals surface area contributed by atoms with E-state index in [0.717, 1.165) is 25.7 Å². The number of carbonyl (C=O) groups is 1. The van der Waals surface area contributed by atoms with Crippen molar-refractivity contribution in [1.29, 1.82) is 0 Å². The largest absolute Gasteiger partial charge is 0.541 e. The van der Waals surface area contributed by atoms with E-state index in [1.165, 1.54) is 0 Å². The van der Waals surface area contributed by atoms with Crippen LogP contribution in [0.4, 0.5) is 4.79 Å². The maximum Gasteiger partial charge on any atom is 0.541 e. The van der Waals surface area contributed by atoms with Crippen LogP contribution in [0.3, 0.4) is 0 Å². The lowest BCUT2D eigenvalue weighted by Gasteiger charge is -2.21. The fourth-order valence-corrected chi connectivity index (χ4v) is 1.18. The fourth-order valence-electron chi connectivity index (χ4n) is 1.18. The van der Waals surface area contributed by atoms with Gasteiger partial charge in [-0.25, -0.2) is 4.79 Å². The third kappa shape index (κ3) is 9.70. The number of ether oxygens (including phenoxy) is 1. The molecular weight excluding hydrogens is 220 g/mol. The lowest BCUT2D eigenvalue weighted by atomic mass is 10.0. The first-order valence-electron chi connectivity index (χ1n) is 5.94. The zero-order valence-corrected chi connectivity index (χ0v) is 11.2. The highest BCUT2D eigenvalue weighted by Gasteiger charge is 2.22. The van der Waals surface area contributed by atoms with Crippen LogP contribution in [0.25, 0.3) is 0 Å². The molecule has 0 saturated carbocycles. The average molecular weight is 242 g/mol. The molecule has 0 amide bonds. The molecule has 17 heavy (non-hydrogen) atoms. The molecular formula is C13H22O4. The van der Waals surface area contributed by atoms with E-state index in [-0.39, 0.29) is 6.61 Å². The number of carbonyl (C=O) groups excluding carboxylic acids is 1. The maximum absolute atomic E-state index is 11.1. The molecule has 98 valence electrons. The summed E-state index contributed by atoms with van der Waals surface area (Å²) < 4.78 is 4.64. The molecule has 0 aliphatic heterocycles. The highest BCUT2D eigenvalue weighted by molar-refractivity contribution is 5.59. The molecule has 0 fully saturated rings. The molecule has 0 N–H and O–H groups in total. The Labute approximate surface area is 104 Å². The standard InChI is InChI=1S/C13H22O4/c1-5-7-9-10-13(3,4)17-16-12(14)15-11-8-6-2/h5,7,9-11H2,1-4H3. The van der Waals surface area contributed by atoms with E-state index in [1.54, 1.807) is 6.92 Å². The highest BCUT2D eigenvalue weighted by atomic mass is 17.2. The van der Waals surface area contributed by atoms with Crippen LogP contribution in [0, 0.1) is 11.8 Å². The molecule has 0 aliphatic rings. The first-order valence-corrected chi connectivity index (χ1v) is 5.94. The Kier molecular flexibility index (Phi) is 8.25. The number of unbranched alkanes of at least 4 members (excludes halogenated alkanes) is 2. The minimum Gasteiger partial charge on any atom is -0.419 e. The number of hydrogen-bond donors (Lipinski definition) is 0. The van der Waals surface area contributed by atoms with Crippen LogP contribution in [0.1, 0.15) is 53.4 Å². The van der Waals surface area contributed by atoms with E-state index in [4.69, 9.17) is 4.89 Å². The van der Waals surface area contributed by atoms with Crippen LogP contribution in [0.2, 0.25) is 0 Å². The second-order valence-corrected chi connectivity index (χ2v) is 4.35. The van der Waals surface area contributed by atoms with Crippen LogP contribution in [-0.2, 0) is 14.5 Å². The molecule has 0 heterocycles. The Morgan fingerprint density at radius 2 is 2.00 bits per heavy atom. The van der Waals surface area contributed by atoms with Crippen molar-refractivity contribution in [2.24, 2.45) is 0 Å². The quantitative estimate of drug-likeness (QED) is 0.225. The van der Waals surface area contributed by atoms with E-state index in [0.29, 0.717) is 0 Å². The van der Waals surface area contributed by atoms with Gasteiger partial charge in [-0.05, 0) is 27.2 Å². The zero-order chi connectivity index (χ0) is 13.1. The lowest BCUT2D eigenvalue weighted by molar-refractivity contribution is -0.318. The van der Waals surface area contributed by atoms with Crippen LogP contribution in [-0.4, -0.2) is 18.4 Å². The van der Waals surface area contributed by atoms with Crippen molar-refractivity contribution in [2.75, 3.05) is 6.61 Å².